The number of unbranched alkanes of at least 4 members (excludes halogenated alkanes) is 5. The quantitative estimate of drug-likeness (QED) is 0.451. The predicted octanol–water partition coefficient (Wildman–Crippen LogP) is 2.07. The molecule has 2 N–H and O–H groups in total. The van der Waals surface area contributed by atoms with Crippen molar-refractivity contribution in [2.75, 3.05) is 20.8 Å². The number of hydrogen-bond acceptors (Lipinski definition) is 3. The standard InChI is InChI=1S/C10H24NO2Si/c1-12-14(13-2)10-8-6-4-3-5-7-9-11/h3-11H2,1-2H3. The second-order valence-electron chi connectivity index (χ2n) is 3.44. The summed E-state index contributed by atoms with van der Waals surface area (Å²) in [5, 5.41) is 0. The molecule has 0 rings (SSSR count). The Hall–Kier alpha value is 0.0969. The Morgan fingerprint density at radius 3 is 1.86 bits per heavy atom. The first-order valence-corrected chi connectivity index (χ1v) is 7.01. The van der Waals surface area contributed by atoms with Crippen LogP contribution in [0.15, 0.2) is 0 Å². The van der Waals surface area contributed by atoms with E-state index >= 15 is 0 Å². The second kappa shape index (κ2) is 11.2. The Kier molecular flexibility index (Phi) is 11.3. The van der Waals surface area contributed by atoms with E-state index in [0.717, 1.165) is 12.6 Å². The molecule has 0 aliphatic carbocycles. The first-order valence-electron chi connectivity index (χ1n) is 5.49. The lowest BCUT2D eigenvalue weighted by Crippen LogP contribution is -2.18. The SMILES string of the molecule is CO[Si](CCCCCCCCN)OC. The van der Waals surface area contributed by atoms with Gasteiger partial charge in [0.15, 0.2) is 0 Å². The summed E-state index contributed by atoms with van der Waals surface area (Å²) in [6.07, 6.45) is 7.62. The maximum absolute atomic E-state index is 5.42. The van der Waals surface area contributed by atoms with Crippen LogP contribution in [0.4, 0.5) is 0 Å². The van der Waals surface area contributed by atoms with E-state index in [1.54, 1.807) is 14.2 Å². The molecule has 14 heavy (non-hydrogen) atoms. The molecule has 0 saturated carbocycles. The lowest BCUT2D eigenvalue weighted by atomic mass is 10.1. The molecule has 0 amide bonds. The summed E-state index contributed by atoms with van der Waals surface area (Å²) in [6.45, 7) is 0.834. The molecule has 0 bridgehead atoms. The number of hydrogen-bond donors (Lipinski definition) is 1. The lowest BCUT2D eigenvalue weighted by Gasteiger charge is -2.08. The second-order valence-corrected chi connectivity index (χ2v) is 5.50. The molecule has 1 radical (unpaired) electrons. The maximum atomic E-state index is 5.42. The van der Waals surface area contributed by atoms with Gasteiger partial charge in [-0.15, -0.1) is 0 Å². The van der Waals surface area contributed by atoms with E-state index in [9.17, 15) is 0 Å². The largest absolute Gasteiger partial charge is 0.397 e. The van der Waals surface area contributed by atoms with Crippen molar-refractivity contribution in [1.82, 2.24) is 0 Å². The lowest BCUT2D eigenvalue weighted by molar-refractivity contribution is 0.276. The zero-order valence-corrected chi connectivity index (χ0v) is 10.6. The van der Waals surface area contributed by atoms with E-state index in [2.05, 4.69) is 0 Å². The monoisotopic (exact) mass is 218 g/mol. The molecule has 0 aromatic rings. The molecule has 0 fully saturated rings. The van der Waals surface area contributed by atoms with Crippen LogP contribution in [0.25, 0.3) is 0 Å². The van der Waals surface area contributed by atoms with Gasteiger partial charge >= 0.3 is 9.28 Å². The van der Waals surface area contributed by atoms with Crippen LogP contribution < -0.4 is 5.73 Å². The van der Waals surface area contributed by atoms with Gasteiger partial charge in [0.25, 0.3) is 0 Å². The van der Waals surface area contributed by atoms with E-state index in [-0.39, 0.29) is 0 Å². The van der Waals surface area contributed by atoms with Gasteiger partial charge < -0.3 is 14.6 Å². The minimum Gasteiger partial charge on any atom is -0.397 e. The van der Waals surface area contributed by atoms with Crippen LogP contribution in [0.1, 0.15) is 38.5 Å². The molecule has 0 heterocycles. The average molecular weight is 218 g/mol. The number of rotatable bonds is 10. The van der Waals surface area contributed by atoms with E-state index < -0.39 is 9.28 Å². The molecule has 0 spiro atoms. The summed E-state index contributed by atoms with van der Waals surface area (Å²) >= 11 is 0. The van der Waals surface area contributed by atoms with Gasteiger partial charge in [0.05, 0.1) is 0 Å². The predicted molar refractivity (Wildman–Crippen MR) is 61.3 cm³/mol. The Bertz CT molecular complexity index is 110. The highest BCUT2D eigenvalue weighted by atomic mass is 28.3. The third-order valence-electron chi connectivity index (χ3n) is 2.29. The molecule has 0 aliphatic heterocycles. The van der Waals surface area contributed by atoms with E-state index in [4.69, 9.17) is 14.6 Å². The molecular formula is C10H24NO2Si. The van der Waals surface area contributed by atoms with Gasteiger partial charge in [0.1, 0.15) is 0 Å². The summed E-state index contributed by atoms with van der Waals surface area (Å²) in [5.74, 6) is 0. The van der Waals surface area contributed by atoms with Crippen LogP contribution in [0.2, 0.25) is 6.04 Å². The van der Waals surface area contributed by atoms with Crippen molar-refractivity contribution in [2.45, 2.75) is 44.6 Å². The topological polar surface area (TPSA) is 44.5 Å². The van der Waals surface area contributed by atoms with Crippen LogP contribution in [-0.4, -0.2) is 30.0 Å². The highest BCUT2D eigenvalue weighted by Crippen LogP contribution is 2.09. The molecule has 0 atom stereocenters. The van der Waals surface area contributed by atoms with Crippen molar-refractivity contribution >= 4 is 9.28 Å². The maximum Gasteiger partial charge on any atom is 0.384 e. The van der Waals surface area contributed by atoms with Crippen LogP contribution in [0.3, 0.4) is 0 Å². The van der Waals surface area contributed by atoms with Gasteiger partial charge in [-0.3, -0.25) is 0 Å². The van der Waals surface area contributed by atoms with Gasteiger partial charge in [-0.05, 0) is 19.0 Å². The Morgan fingerprint density at radius 2 is 1.36 bits per heavy atom. The average Bonchev–Trinajstić information content (AvgIpc) is 2.22. The smallest absolute Gasteiger partial charge is 0.384 e. The zero-order valence-electron chi connectivity index (χ0n) is 9.55. The molecule has 0 aliphatic rings. The fourth-order valence-corrected chi connectivity index (χ4v) is 2.52. The summed E-state index contributed by atoms with van der Waals surface area (Å²) < 4.78 is 10.4. The van der Waals surface area contributed by atoms with Crippen LogP contribution in [-0.2, 0) is 8.85 Å². The molecular weight excluding hydrogens is 194 g/mol. The Labute approximate surface area is 89.8 Å². The van der Waals surface area contributed by atoms with Crippen molar-refractivity contribution < 1.29 is 8.85 Å². The van der Waals surface area contributed by atoms with Crippen molar-refractivity contribution in [1.29, 1.82) is 0 Å². The van der Waals surface area contributed by atoms with Crippen LogP contribution in [0, 0.1) is 0 Å². The van der Waals surface area contributed by atoms with Crippen LogP contribution in [0.5, 0.6) is 0 Å². The van der Waals surface area contributed by atoms with E-state index in [1.165, 1.54) is 38.5 Å². The van der Waals surface area contributed by atoms with Crippen LogP contribution >= 0.6 is 0 Å². The number of nitrogens with two attached hydrogens (primary N) is 1. The Morgan fingerprint density at radius 1 is 0.857 bits per heavy atom. The summed E-state index contributed by atoms with van der Waals surface area (Å²) in [7, 11) is 2.53. The van der Waals surface area contributed by atoms with Gasteiger partial charge in [-0.2, -0.15) is 0 Å². The Balaban J connectivity index is 3.04. The highest BCUT2D eigenvalue weighted by Gasteiger charge is 2.10. The summed E-state index contributed by atoms with van der Waals surface area (Å²) in [4.78, 5) is 0. The van der Waals surface area contributed by atoms with E-state index in [0.29, 0.717) is 0 Å². The highest BCUT2D eigenvalue weighted by molar-refractivity contribution is 6.44. The molecule has 0 aromatic carbocycles. The fraction of sp³-hybridized carbons (Fsp3) is 1.00. The third-order valence-corrected chi connectivity index (χ3v) is 3.96. The van der Waals surface area contributed by atoms with Gasteiger partial charge in [0.2, 0.25) is 0 Å². The summed E-state index contributed by atoms with van der Waals surface area (Å²) in [5.41, 5.74) is 5.42. The molecule has 85 valence electrons. The van der Waals surface area contributed by atoms with Crippen molar-refractivity contribution in [3.8, 4) is 0 Å². The molecule has 4 heteroatoms. The molecule has 3 nitrogen and oxygen atoms in total. The minimum atomic E-state index is -0.940. The van der Waals surface area contributed by atoms with Crippen molar-refractivity contribution in [3.05, 3.63) is 0 Å². The van der Waals surface area contributed by atoms with Crippen molar-refractivity contribution in [3.63, 3.8) is 0 Å². The first-order chi connectivity index (χ1) is 6.85. The molecule has 0 saturated heterocycles. The molecule has 0 aromatic heterocycles. The van der Waals surface area contributed by atoms with Gasteiger partial charge in [-0.1, -0.05) is 32.1 Å². The van der Waals surface area contributed by atoms with Gasteiger partial charge in [0, 0.05) is 14.2 Å². The minimum absolute atomic E-state index is 0.834. The molecule has 0 unspecified atom stereocenters. The summed E-state index contributed by atoms with van der Waals surface area (Å²) in [6, 6.07) is 1.11. The van der Waals surface area contributed by atoms with Crippen molar-refractivity contribution in [2.24, 2.45) is 5.73 Å². The first kappa shape index (κ1) is 14.1. The third kappa shape index (κ3) is 8.68. The normalized spacial score (nSPS) is 11.1. The van der Waals surface area contributed by atoms with E-state index in [1.807, 2.05) is 0 Å². The fourth-order valence-electron chi connectivity index (χ4n) is 1.41. The van der Waals surface area contributed by atoms with Gasteiger partial charge in [-0.25, -0.2) is 0 Å². The zero-order chi connectivity index (χ0) is 10.6.